The number of fused-ring (bicyclic) bond motifs is 2. The molecule has 4 heterocycles. The van der Waals surface area contributed by atoms with E-state index in [-0.39, 0.29) is 5.91 Å². The Balaban J connectivity index is 1.47. The van der Waals surface area contributed by atoms with E-state index in [0.29, 0.717) is 37.0 Å². The van der Waals surface area contributed by atoms with Crippen molar-refractivity contribution in [1.29, 1.82) is 0 Å². The molecule has 1 aromatic carbocycles. The lowest BCUT2D eigenvalue weighted by molar-refractivity contribution is 0.0723. The summed E-state index contributed by atoms with van der Waals surface area (Å²) in [5, 5.41) is 4.06. The number of aromatic nitrogens is 5. The number of hydrogen-bond acceptors (Lipinski definition) is 6. The Hall–Kier alpha value is -3.55. The number of para-hydroxylation sites is 2. The third-order valence-corrected chi connectivity index (χ3v) is 5.09. The number of carbonyl (C=O) groups is 1. The van der Waals surface area contributed by atoms with E-state index in [1.54, 1.807) is 11.8 Å². The molecule has 1 aliphatic heterocycles. The maximum Gasteiger partial charge on any atom is 0.289 e. The Morgan fingerprint density at radius 2 is 2.07 bits per heavy atom. The van der Waals surface area contributed by atoms with Crippen molar-refractivity contribution in [3.63, 3.8) is 0 Å². The van der Waals surface area contributed by atoms with Gasteiger partial charge >= 0.3 is 0 Å². The van der Waals surface area contributed by atoms with E-state index in [1.807, 2.05) is 37.4 Å². The number of imidazole rings is 1. The molecule has 5 rings (SSSR count). The number of hydrogen-bond donors (Lipinski definition) is 1. The zero-order chi connectivity index (χ0) is 19.3. The summed E-state index contributed by atoms with van der Waals surface area (Å²) in [5.41, 5.74) is 5.54. The van der Waals surface area contributed by atoms with Crippen molar-refractivity contribution >= 4 is 16.9 Å². The number of H-pyrrole nitrogens is 1. The molecule has 140 valence electrons. The van der Waals surface area contributed by atoms with E-state index in [2.05, 4.69) is 25.1 Å². The number of nitrogens with zero attached hydrogens (tertiary/aromatic N) is 5. The van der Waals surface area contributed by atoms with Crippen LogP contribution in [-0.4, -0.2) is 42.4 Å². The fraction of sp³-hybridized carbons (Fsp3) is 0.250. The number of nitrogens with one attached hydrogen (secondary N) is 1. The van der Waals surface area contributed by atoms with Crippen LogP contribution in [0.5, 0.6) is 0 Å². The summed E-state index contributed by atoms with van der Waals surface area (Å²) >= 11 is 0. The lowest BCUT2D eigenvalue weighted by Gasteiger charge is -2.29. The standard InChI is InChI=1S/C20H18N6O2/c1-11-17(18-22-12(2)28-25-18)14-7-8-26(10-13(14)9-21-11)20(27)19-23-15-5-3-4-6-16(15)24-19/h3-6,9H,7-8,10H2,1-2H3,(H,23,24). The van der Waals surface area contributed by atoms with Gasteiger partial charge in [-0.3, -0.25) is 9.78 Å². The van der Waals surface area contributed by atoms with E-state index in [1.165, 1.54) is 0 Å². The molecule has 4 aromatic rings. The molecule has 0 saturated carbocycles. The Kier molecular flexibility index (Phi) is 3.71. The largest absolute Gasteiger partial charge is 0.339 e. The van der Waals surface area contributed by atoms with Crippen LogP contribution in [0.25, 0.3) is 22.4 Å². The maximum atomic E-state index is 13.0. The third kappa shape index (κ3) is 2.65. The number of carbonyl (C=O) groups excluding carboxylic acids is 1. The lowest BCUT2D eigenvalue weighted by Crippen LogP contribution is -2.37. The predicted octanol–water partition coefficient (Wildman–Crippen LogP) is 2.82. The molecular weight excluding hydrogens is 356 g/mol. The van der Waals surface area contributed by atoms with Crippen molar-refractivity contribution in [2.45, 2.75) is 26.8 Å². The number of pyridine rings is 1. The molecule has 0 fully saturated rings. The second kappa shape index (κ2) is 6.26. The van der Waals surface area contributed by atoms with Crippen LogP contribution >= 0.6 is 0 Å². The van der Waals surface area contributed by atoms with Gasteiger partial charge in [-0.15, -0.1) is 0 Å². The topological polar surface area (TPSA) is 101 Å². The van der Waals surface area contributed by atoms with E-state index >= 15 is 0 Å². The van der Waals surface area contributed by atoms with Crippen LogP contribution in [0, 0.1) is 13.8 Å². The number of rotatable bonds is 2. The first kappa shape index (κ1) is 16.6. The summed E-state index contributed by atoms with van der Waals surface area (Å²) in [4.78, 5) is 31.2. The zero-order valence-corrected chi connectivity index (χ0v) is 15.6. The zero-order valence-electron chi connectivity index (χ0n) is 15.6. The third-order valence-electron chi connectivity index (χ3n) is 5.09. The van der Waals surface area contributed by atoms with E-state index in [9.17, 15) is 4.79 Å². The molecular formula is C20H18N6O2. The molecule has 8 heteroatoms. The highest BCUT2D eigenvalue weighted by Gasteiger charge is 2.28. The highest BCUT2D eigenvalue weighted by molar-refractivity contribution is 5.94. The van der Waals surface area contributed by atoms with Crippen LogP contribution < -0.4 is 0 Å². The average molecular weight is 374 g/mol. The van der Waals surface area contributed by atoms with Crippen molar-refractivity contribution in [3.05, 3.63) is 59.0 Å². The molecule has 3 aromatic heterocycles. The molecule has 0 atom stereocenters. The van der Waals surface area contributed by atoms with Crippen molar-refractivity contribution in [2.24, 2.45) is 0 Å². The Labute approximate surface area is 160 Å². The second-order valence-electron chi connectivity index (χ2n) is 6.94. The van der Waals surface area contributed by atoms with Crippen molar-refractivity contribution in [2.75, 3.05) is 6.54 Å². The van der Waals surface area contributed by atoms with E-state index in [0.717, 1.165) is 33.4 Å². The van der Waals surface area contributed by atoms with Crippen LogP contribution in [0.3, 0.4) is 0 Å². The number of aromatic amines is 1. The minimum absolute atomic E-state index is 0.112. The van der Waals surface area contributed by atoms with Crippen molar-refractivity contribution < 1.29 is 9.32 Å². The number of aryl methyl sites for hydroxylation is 2. The summed E-state index contributed by atoms with van der Waals surface area (Å²) in [5.74, 6) is 1.32. The molecule has 0 spiro atoms. The second-order valence-corrected chi connectivity index (χ2v) is 6.94. The highest BCUT2D eigenvalue weighted by atomic mass is 16.5. The van der Waals surface area contributed by atoms with Gasteiger partial charge in [-0.05, 0) is 36.6 Å². The van der Waals surface area contributed by atoms with Crippen LogP contribution in [0.2, 0.25) is 0 Å². The Bertz CT molecular complexity index is 1180. The molecule has 0 radical (unpaired) electrons. The highest BCUT2D eigenvalue weighted by Crippen LogP contribution is 2.31. The predicted molar refractivity (Wildman–Crippen MR) is 102 cm³/mol. The molecule has 1 amide bonds. The molecule has 1 aliphatic rings. The monoisotopic (exact) mass is 374 g/mol. The van der Waals surface area contributed by atoms with Gasteiger partial charge in [0.05, 0.1) is 11.0 Å². The molecule has 8 nitrogen and oxygen atoms in total. The number of amides is 1. The summed E-state index contributed by atoms with van der Waals surface area (Å²) in [6.45, 7) is 4.77. The number of benzene rings is 1. The minimum atomic E-state index is -0.112. The summed E-state index contributed by atoms with van der Waals surface area (Å²) in [6.07, 6.45) is 2.53. The van der Waals surface area contributed by atoms with Crippen LogP contribution in [0.1, 0.15) is 33.3 Å². The van der Waals surface area contributed by atoms with E-state index < -0.39 is 0 Å². The molecule has 1 N–H and O–H groups in total. The summed E-state index contributed by atoms with van der Waals surface area (Å²) in [6, 6.07) is 7.63. The molecule has 28 heavy (non-hydrogen) atoms. The van der Waals surface area contributed by atoms with Crippen LogP contribution in [0.15, 0.2) is 35.0 Å². The lowest BCUT2D eigenvalue weighted by atomic mass is 9.94. The van der Waals surface area contributed by atoms with Gasteiger partial charge in [0, 0.05) is 37.5 Å². The van der Waals surface area contributed by atoms with Crippen molar-refractivity contribution in [1.82, 2.24) is 30.0 Å². The maximum absolute atomic E-state index is 13.0. The van der Waals surface area contributed by atoms with Gasteiger partial charge in [0.2, 0.25) is 11.7 Å². The van der Waals surface area contributed by atoms with Crippen LogP contribution in [0.4, 0.5) is 0 Å². The molecule has 0 aliphatic carbocycles. The summed E-state index contributed by atoms with van der Waals surface area (Å²) < 4.78 is 5.15. The van der Waals surface area contributed by atoms with Crippen LogP contribution in [-0.2, 0) is 13.0 Å². The smallest absolute Gasteiger partial charge is 0.289 e. The fourth-order valence-corrected chi connectivity index (χ4v) is 3.72. The SMILES string of the molecule is Cc1nc(-c2c(C)ncc3c2CCN(C(=O)c2nc4ccccc4[nH]2)C3)no1. The average Bonchev–Trinajstić information content (AvgIpc) is 3.33. The van der Waals surface area contributed by atoms with Gasteiger partial charge in [0.25, 0.3) is 5.91 Å². The van der Waals surface area contributed by atoms with Gasteiger partial charge in [-0.25, -0.2) is 4.98 Å². The Morgan fingerprint density at radius 1 is 1.21 bits per heavy atom. The first-order valence-electron chi connectivity index (χ1n) is 9.12. The van der Waals surface area contributed by atoms with Gasteiger partial charge in [-0.2, -0.15) is 4.98 Å². The normalized spacial score (nSPS) is 13.7. The molecule has 0 unspecified atom stereocenters. The molecule has 0 bridgehead atoms. The first-order chi connectivity index (χ1) is 13.6. The minimum Gasteiger partial charge on any atom is -0.339 e. The molecule has 0 saturated heterocycles. The first-order valence-corrected chi connectivity index (χ1v) is 9.12. The van der Waals surface area contributed by atoms with Gasteiger partial charge in [0.1, 0.15) is 0 Å². The van der Waals surface area contributed by atoms with E-state index in [4.69, 9.17) is 4.52 Å². The quantitative estimate of drug-likeness (QED) is 0.579. The van der Waals surface area contributed by atoms with Crippen molar-refractivity contribution in [3.8, 4) is 11.4 Å². The summed E-state index contributed by atoms with van der Waals surface area (Å²) in [7, 11) is 0. The van der Waals surface area contributed by atoms with Gasteiger partial charge in [0.15, 0.2) is 5.82 Å². The Morgan fingerprint density at radius 3 is 2.86 bits per heavy atom. The fourth-order valence-electron chi connectivity index (χ4n) is 3.72. The van der Waals surface area contributed by atoms with Gasteiger partial charge < -0.3 is 14.4 Å². The van der Waals surface area contributed by atoms with Gasteiger partial charge in [-0.1, -0.05) is 17.3 Å².